The zero-order valence-electron chi connectivity index (χ0n) is 11.3. The molecule has 1 unspecified atom stereocenters. The molecular weight excluding hydrogens is 248 g/mol. The summed E-state index contributed by atoms with van der Waals surface area (Å²) in [4.78, 5) is 13.2. The molecule has 0 N–H and O–H groups in total. The van der Waals surface area contributed by atoms with Gasteiger partial charge in [-0.2, -0.15) is 0 Å². The van der Waals surface area contributed by atoms with Gasteiger partial charge in [-0.05, 0) is 51.1 Å². The highest BCUT2D eigenvalue weighted by atomic mass is 19.1. The number of benzene rings is 1. The van der Waals surface area contributed by atoms with Gasteiger partial charge in [0.1, 0.15) is 17.4 Å². The van der Waals surface area contributed by atoms with Crippen molar-refractivity contribution in [1.82, 2.24) is 4.90 Å². The van der Waals surface area contributed by atoms with E-state index in [-0.39, 0.29) is 23.6 Å². The first-order valence-corrected chi connectivity index (χ1v) is 6.62. The number of ketones is 1. The minimum Gasteiger partial charge on any atom is -0.302 e. The number of hydrogen-bond donors (Lipinski definition) is 0. The van der Waals surface area contributed by atoms with Crippen LogP contribution in [0.2, 0.25) is 0 Å². The zero-order valence-corrected chi connectivity index (χ0v) is 11.3. The van der Waals surface area contributed by atoms with Crippen LogP contribution in [0.3, 0.4) is 0 Å². The first kappa shape index (κ1) is 14.1. The van der Waals surface area contributed by atoms with E-state index in [1.165, 1.54) is 12.1 Å². The average molecular weight is 267 g/mol. The number of carbonyl (C=O) groups excluding carboxylic acids is 1. The molecule has 1 fully saturated rings. The molecule has 1 aromatic rings. The summed E-state index contributed by atoms with van der Waals surface area (Å²) in [6.45, 7) is 0. The minimum absolute atomic E-state index is 0.177. The third-order valence-corrected chi connectivity index (χ3v) is 3.87. The lowest BCUT2D eigenvalue weighted by molar-refractivity contribution is -0.121. The second kappa shape index (κ2) is 5.78. The lowest BCUT2D eigenvalue weighted by Gasteiger charge is -2.35. The molecule has 0 aliphatic heterocycles. The van der Waals surface area contributed by atoms with Crippen LogP contribution in [0.25, 0.3) is 0 Å². The van der Waals surface area contributed by atoms with Crippen molar-refractivity contribution in [1.29, 1.82) is 0 Å². The summed E-state index contributed by atoms with van der Waals surface area (Å²) in [7, 11) is 3.73. The SMILES string of the molecule is CN(C)C(c1cc(F)ccc1F)C1CCC(=O)CC1. The Morgan fingerprint density at radius 3 is 2.42 bits per heavy atom. The van der Waals surface area contributed by atoms with Crippen molar-refractivity contribution in [2.24, 2.45) is 5.92 Å². The third-order valence-electron chi connectivity index (χ3n) is 3.87. The van der Waals surface area contributed by atoms with Crippen molar-refractivity contribution in [3.63, 3.8) is 0 Å². The monoisotopic (exact) mass is 267 g/mol. The summed E-state index contributed by atoms with van der Waals surface area (Å²) in [6.07, 6.45) is 2.59. The molecule has 1 saturated carbocycles. The molecule has 0 radical (unpaired) electrons. The van der Waals surface area contributed by atoms with Gasteiger partial charge < -0.3 is 4.90 Å². The van der Waals surface area contributed by atoms with Gasteiger partial charge in [-0.15, -0.1) is 0 Å². The van der Waals surface area contributed by atoms with Gasteiger partial charge in [0.25, 0.3) is 0 Å². The average Bonchev–Trinajstić information content (AvgIpc) is 2.36. The number of carbonyl (C=O) groups is 1. The number of Topliss-reactive ketones (excluding diaryl/α,β-unsaturated/α-hetero) is 1. The van der Waals surface area contributed by atoms with Gasteiger partial charge in [0.2, 0.25) is 0 Å². The van der Waals surface area contributed by atoms with Crippen LogP contribution in [0.4, 0.5) is 8.78 Å². The van der Waals surface area contributed by atoms with Crippen molar-refractivity contribution in [2.45, 2.75) is 31.7 Å². The van der Waals surface area contributed by atoms with Crippen LogP contribution < -0.4 is 0 Å². The van der Waals surface area contributed by atoms with Gasteiger partial charge in [0, 0.05) is 24.4 Å². The molecule has 19 heavy (non-hydrogen) atoms. The van der Waals surface area contributed by atoms with Gasteiger partial charge in [-0.3, -0.25) is 4.79 Å². The van der Waals surface area contributed by atoms with Crippen LogP contribution in [-0.2, 0) is 4.79 Å². The Kier molecular flexibility index (Phi) is 4.30. The number of halogens is 2. The molecule has 2 rings (SSSR count). The fraction of sp³-hybridized carbons (Fsp3) is 0.533. The summed E-state index contributed by atoms with van der Waals surface area (Å²) in [5.74, 6) is -0.329. The summed E-state index contributed by atoms with van der Waals surface area (Å²) in [5, 5.41) is 0. The normalized spacial score (nSPS) is 18.9. The Balaban J connectivity index is 2.29. The van der Waals surface area contributed by atoms with E-state index in [0.717, 1.165) is 18.9 Å². The first-order chi connectivity index (χ1) is 8.99. The molecule has 1 atom stereocenters. The number of rotatable bonds is 3. The molecule has 2 nitrogen and oxygen atoms in total. The van der Waals surface area contributed by atoms with Crippen LogP contribution in [0, 0.1) is 17.6 Å². The van der Waals surface area contributed by atoms with Gasteiger partial charge in [0.15, 0.2) is 0 Å². The van der Waals surface area contributed by atoms with Crippen LogP contribution in [0.5, 0.6) is 0 Å². The van der Waals surface area contributed by atoms with E-state index in [1.807, 2.05) is 19.0 Å². The molecule has 0 bridgehead atoms. The summed E-state index contributed by atoms with van der Waals surface area (Å²) in [5.41, 5.74) is 0.393. The Hall–Kier alpha value is -1.29. The molecule has 1 aliphatic rings. The van der Waals surface area contributed by atoms with Crippen molar-refractivity contribution < 1.29 is 13.6 Å². The van der Waals surface area contributed by atoms with Crippen molar-refractivity contribution in [2.75, 3.05) is 14.1 Å². The second-order valence-corrected chi connectivity index (χ2v) is 5.45. The van der Waals surface area contributed by atoms with E-state index in [0.29, 0.717) is 18.4 Å². The third kappa shape index (κ3) is 3.18. The van der Waals surface area contributed by atoms with E-state index in [9.17, 15) is 13.6 Å². The van der Waals surface area contributed by atoms with E-state index in [1.54, 1.807) is 0 Å². The largest absolute Gasteiger partial charge is 0.302 e. The number of nitrogens with zero attached hydrogens (tertiary/aromatic N) is 1. The van der Waals surface area contributed by atoms with Crippen molar-refractivity contribution >= 4 is 5.78 Å². The molecule has 1 aliphatic carbocycles. The van der Waals surface area contributed by atoms with E-state index >= 15 is 0 Å². The van der Waals surface area contributed by atoms with Crippen LogP contribution in [-0.4, -0.2) is 24.8 Å². The highest BCUT2D eigenvalue weighted by molar-refractivity contribution is 5.79. The lowest BCUT2D eigenvalue weighted by atomic mass is 9.80. The molecule has 0 aromatic heterocycles. The van der Waals surface area contributed by atoms with E-state index < -0.39 is 5.82 Å². The van der Waals surface area contributed by atoms with E-state index in [4.69, 9.17) is 0 Å². The van der Waals surface area contributed by atoms with Crippen LogP contribution in [0.15, 0.2) is 18.2 Å². The van der Waals surface area contributed by atoms with Gasteiger partial charge in [-0.25, -0.2) is 8.78 Å². The zero-order chi connectivity index (χ0) is 14.0. The number of hydrogen-bond acceptors (Lipinski definition) is 2. The van der Waals surface area contributed by atoms with E-state index in [2.05, 4.69) is 0 Å². The maximum Gasteiger partial charge on any atom is 0.132 e. The molecule has 4 heteroatoms. The van der Waals surface area contributed by atoms with Gasteiger partial charge in [-0.1, -0.05) is 0 Å². The quantitative estimate of drug-likeness (QED) is 0.837. The molecular formula is C15H19F2NO. The van der Waals surface area contributed by atoms with Crippen molar-refractivity contribution in [3.8, 4) is 0 Å². The fourth-order valence-electron chi connectivity index (χ4n) is 2.97. The predicted molar refractivity (Wildman–Crippen MR) is 69.8 cm³/mol. The molecule has 0 amide bonds. The Bertz CT molecular complexity index is 463. The maximum atomic E-state index is 14.0. The maximum absolute atomic E-state index is 14.0. The summed E-state index contributed by atoms with van der Waals surface area (Å²) < 4.78 is 27.3. The highest BCUT2D eigenvalue weighted by Gasteiger charge is 2.31. The van der Waals surface area contributed by atoms with Crippen LogP contribution in [0.1, 0.15) is 37.3 Å². The first-order valence-electron chi connectivity index (χ1n) is 6.62. The molecule has 0 saturated heterocycles. The molecule has 0 heterocycles. The van der Waals surface area contributed by atoms with Gasteiger partial charge in [0.05, 0.1) is 0 Å². The topological polar surface area (TPSA) is 20.3 Å². The summed E-state index contributed by atoms with van der Waals surface area (Å²) in [6, 6.07) is 3.41. The standard InChI is InChI=1S/C15H19F2NO/c1-18(2)15(10-3-6-12(19)7-4-10)13-9-11(16)5-8-14(13)17/h5,8-10,15H,3-4,6-7H2,1-2H3. The predicted octanol–water partition coefficient (Wildman–Crippen LogP) is 3.33. The molecule has 1 aromatic carbocycles. The molecule has 104 valence electrons. The Morgan fingerprint density at radius 1 is 1.21 bits per heavy atom. The van der Waals surface area contributed by atoms with Crippen LogP contribution >= 0.6 is 0 Å². The minimum atomic E-state index is -0.421. The van der Waals surface area contributed by atoms with Crippen molar-refractivity contribution in [3.05, 3.63) is 35.4 Å². The Labute approximate surface area is 112 Å². The van der Waals surface area contributed by atoms with Gasteiger partial charge >= 0.3 is 0 Å². The fourth-order valence-corrected chi connectivity index (χ4v) is 2.97. The summed E-state index contributed by atoms with van der Waals surface area (Å²) >= 11 is 0. The highest BCUT2D eigenvalue weighted by Crippen LogP contribution is 2.37. The second-order valence-electron chi connectivity index (χ2n) is 5.45. The smallest absolute Gasteiger partial charge is 0.132 e. The lowest BCUT2D eigenvalue weighted by Crippen LogP contribution is -2.31. The molecule has 0 spiro atoms. The Morgan fingerprint density at radius 2 is 1.84 bits per heavy atom.